The minimum absolute atomic E-state index is 0.000760. The molecule has 1 aliphatic heterocycles. The molecule has 3 aromatic rings. The van der Waals surface area contributed by atoms with Gasteiger partial charge in [-0.2, -0.15) is 0 Å². The number of amides is 4. The van der Waals surface area contributed by atoms with Crippen LogP contribution in [-0.2, 0) is 25.6 Å². The summed E-state index contributed by atoms with van der Waals surface area (Å²) in [5.74, 6) is -2.84. The molecule has 1 fully saturated rings. The van der Waals surface area contributed by atoms with Crippen LogP contribution in [0.1, 0.15) is 104 Å². The van der Waals surface area contributed by atoms with Gasteiger partial charge in [0.25, 0.3) is 11.8 Å². The Hall–Kier alpha value is -4.74. The number of anilines is 1. The van der Waals surface area contributed by atoms with E-state index in [0.29, 0.717) is 16.2 Å². The van der Waals surface area contributed by atoms with E-state index in [1.807, 2.05) is 6.07 Å². The Bertz CT molecular complexity index is 1680. The molecule has 0 radical (unpaired) electrons. The van der Waals surface area contributed by atoms with Crippen molar-refractivity contribution in [3.8, 4) is 5.75 Å². The second kappa shape index (κ2) is 21.1. The normalized spacial score (nSPS) is 14.7. The number of hydrogen-bond donors (Lipinski definition) is 1. The molecule has 2 atom stereocenters. The predicted molar refractivity (Wildman–Crippen MR) is 203 cm³/mol. The van der Waals surface area contributed by atoms with Crippen molar-refractivity contribution < 1.29 is 38.2 Å². The molecule has 53 heavy (non-hydrogen) atoms. The minimum atomic E-state index is -1.95. The topological polar surface area (TPSA) is 132 Å². The van der Waals surface area contributed by atoms with Crippen molar-refractivity contribution >= 4 is 46.9 Å². The highest BCUT2D eigenvalue weighted by Crippen LogP contribution is 2.29. The van der Waals surface area contributed by atoms with Crippen molar-refractivity contribution in [3.63, 3.8) is 0 Å². The Balaban J connectivity index is 1.49. The van der Waals surface area contributed by atoms with Gasteiger partial charge in [0.1, 0.15) is 5.75 Å². The standard InChI is InChI=1S/C41H50ClN3O8/c1-4-6-7-8-9-10-11-12-13-17-26-53-40(49)31-22-25-33(42)34(27-31)43-37(47)35(36(46)30-20-23-32(51-3)24-21-30)45-38(48)39(52-5-2)44(41(45)50)28-29-18-15-14-16-19-29/h14-16,18-25,27,35,39H,4-13,17,26,28H2,1-3H3,(H,43,47)/t35-,39-/m1/s1. The summed E-state index contributed by atoms with van der Waals surface area (Å²) in [7, 11) is 1.47. The maximum Gasteiger partial charge on any atom is 0.338 e. The number of rotatable bonds is 22. The van der Waals surface area contributed by atoms with Crippen molar-refractivity contribution in [3.05, 3.63) is 94.5 Å². The summed E-state index contributed by atoms with van der Waals surface area (Å²) in [6, 6.07) is 16.3. The molecule has 0 unspecified atom stereocenters. The summed E-state index contributed by atoms with van der Waals surface area (Å²) in [6.45, 7) is 4.21. The van der Waals surface area contributed by atoms with Crippen molar-refractivity contribution in [2.75, 3.05) is 25.6 Å². The van der Waals surface area contributed by atoms with Gasteiger partial charge in [-0.1, -0.05) is 107 Å². The second-order valence-corrected chi connectivity index (χ2v) is 13.3. The van der Waals surface area contributed by atoms with Crippen LogP contribution >= 0.6 is 11.6 Å². The molecule has 1 heterocycles. The van der Waals surface area contributed by atoms with Gasteiger partial charge < -0.3 is 19.5 Å². The van der Waals surface area contributed by atoms with Crippen molar-refractivity contribution in [2.24, 2.45) is 0 Å². The SMILES string of the molecule is CCCCCCCCCCCCOC(=O)c1ccc(Cl)c(NC(=O)[C@@H](C(=O)c2ccc(OC)cc2)N2C(=O)[C@@H](OCC)N(Cc3ccccc3)C2=O)c1. The zero-order valence-corrected chi connectivity index (χ0v) is 31.6. The number of imide groups is 1. The number of carbonyl (C=O) groups is 5. The molecule has 0 aromatic heterocycles. The lowest BCUT2D eigenvalue weighted by molar-refractivity contribution is -0.144. The maximum absolute atomic E-state index is 14.1. The van der Waals surface area contributed by atoms with E-state index >= 15 is 0 Å². The number of nitrogens with one attached hydrogen (secondary N) is 1. The average molecular weight is 748 g/mol. The lowest BCUT2D eigenvalue weighted by atomic mass is 10.0. The summed E-state index contributed by atoms with van der Waals surface area (Å²) < 4.78 is 16.4. The van der Waals surface area contributed by atoms with Gasteiger partial charge in [0.15, 0.2) is 11.8 Å². The Morgan fingerprint density at radius 1 is 0.811 bits per heavy atom. The first-order valence-corrected chi connectivity index (χ1v) is 18.8. The monoisotopic (exact) mass is 747 g/mol. The number of methoxy groups -OCH3 is 1. The number of unbranched alkanes of at least 4 members (excludes halogenated alkanes) is 9. The van der Waals surface area contributed by atoms with Gasteiger partial charge in [-0.15, -0.1) is 0 Å². The van der Waals surface area contributed by atoms with Crippen LogP contribution in [0.4, 0.5) is 10.5 Å². The van der Waals surface area contributed by atoms with E-state index < -0.39 is 41.9 Å². The number of Topliss-reactive ketones (excluding diaryl/α,β-unsaturated/α-hetero) is 1. The molecule has 3 aromatic carbocycles. The first kappa shape index (κ1) is 41.0. The number of carbonyl (C=O) groups excluding carboxylic acids is 5. The van der Waals surface area contributed by atoms with Gasteiger partial charge in [-0.05, 0) is 61.4 Å². The number of benzene rings is 3. The number of nitrogens with zero attached hydrogens (tertiary/aromatic N) is 2. The molecule has 4 rings (SSSR count). The van der Waals surface area contributed by atoms with Crippen LogP contribution in [0.15, 0.2) is 72.8 Å². The number of halogens is 1. The summed E-state index contributed by atoms with van der Waals surface area (Å²) >= 11 is 6.46. The summed E-state index contributed by atoms with van der Waals surface area (Å²) in [5, 5.41) is 2.66. The third-order valence-corrected chi connectivity index (χ3v) is 9.35. The quantitative estimate of drug-likeness (QED) is 0.0356. The highest BCUT2D eigenvalue weighted by molar-refractivity contribution is 6.34. The Morgan fingerprint density at radius 3 is 2.06 bits per heavy atom. The van der Waals surface area contributed by atoms with Crippen molar-refractivity contribution in [1.82, 2.24) is 9.80 Å². The van der Waals surface area contributed by atoms with Gasteiger partial charge in [0.05, 0.1) is 36.5 Å². The molecule has 284 valence electrons. The number of hydrogen-bond acceptors (Lipinski definition) is 8. The molecule has 12 heteroatoms. The van der Waals surface area contributed by atoms with E-state index in [9.17, 15) is 24.0 Å². The first-order chi connectivity index (χ1) is 25.7. The Labute approximate surface area is 316 Å². The van der Waals surface area contributed by atoms with E-state index in [1.54, 1.807) is 31.2 Å². The first-order valence-electron chi connectivity index (χ1n) is 18.4. The van der Waals surface area contributed by atoms with Gasteiger partial charge in [0.2, 0.25) is 6.23 Å². The molecular weight excluding hydrogens is 698 g/mol. The summed E-state index contributed by atoms with van der Waals surface area (Å²) in [5.41, 5.74) is 0.899. The van der Waals surface area contributed by atoms with Crippen LogP contribution in [0.3, 0.4) is 0 Å². The third-order valence-electron chi connectivity index (χ3n) is 9.02. The fourth-order valence-electron chi connectivity index (χ4n) is 6.13. The van der Waals surface area contributed by atoms with E-state index in [1.165, 1.54) is 93.0 Å². The number of esters is 1. The smallest absolute Gasteiger partial charge is 0.338 e. The van der Waals surface area contributed by atoms with Crippen molar-refractivity contribution in [1.29, 1.82) is 0 Å². The van der Waals surface area contributed by atoms with E-state index in [0.717, 1.165) is 25.7 Å². The highest BCUT2D eigenvalue weighted by Gasteiger charge is 2.53. The predicted octanol–water partition coefficient (Wildman–Crippen LogP) is 8.44. The number of ether oxygens (including phenoxy) is 3. The molecule has 4 amide bonds. The zero-order valence-electron chi connectivity index (χ0n) is 30.8. The largest absolute Gasteiger partial charge is 0.497 e. The maximum atomic E-state index is 14.1. The Kier molecular flexibility index (Phi) is 16.3. The molecule has 1 saturated heterocycles. The fourth-order valence-corrected chi connectivity index (χ4v) is 6.29. The minimum Gasteiger partial charge on any atom is -0.497 e. The molecule has 11 nitrogen and oxygen atoms in total. The van der Waals surface area contributed by atoms with Gasteiger partial charge in [-0.25, -0.2) is 14.5 Å². The summed E-state index contributed by atoms with van der Waals surface area (Å²) in [6.07, 6.45) is 10.1. The van der Waals surface area contributed by atoms with Crippen LogP contribution < -0.4 is 10.1 Å². The Morgan fingerprint density at radius 2 is 1.43 bits per heavy atom. The molecular formula is C41H50ClN3O8. The molecule has 1 aliphatic rings. The average Bonchev–Trinajstić information content (AvgIpc) is 3.38. The molecule has 0 saturated carbocycles. The second-order valence-electron chi connectivity index (χ2n) is 12.9. The molecule has 0 bridgehead atoms. The van der Waals surface area contributed by atoms with Crippen LogP contribution in [0.25, 0.3) is 0 Å². The fraction of sp³-hybridized carbons (Fsp3) is 0.439. The molecule has 0 aliphatic carbocycles. The number of ketones is 1. The number of urea groups is 1. The third kappa shape index (κ3) is 11.4. The van der Waals surface area contributed by atoms with Crippen molar-refractivity contribution in [2.45, 2.75) is 96.9 Å². The highest BCUT2D eigenvalue weighted by atomic mass is 35.5. The summed E-state index contributed by atoms with van der Waals surface area (Å²) in [4.78, 5) is 70.9. The molecule has 0 spiro atoms. The zero-order chi connectivity index (χ0) is 38.2. The van der Waals surface area contributed by atoms with Gasteiger partial charge in [0, 0.05) is 12.2 Å². The van der Waals surface area contributed by atoms with E-state index in [2.05, 4.69) is 12.2 Å². The van der Waals surface area contributed by atoms with Crippen LogP contribution in [0.2, 0.25) is 5.02 Å². The van der Waals surface area contributed by atoms with Gasteiger partial charge >= 0.3 is 12.0 Å². The van der Waals surface area contributed by atoms with Crippen LogP contribution in [0.5, 0.6) is 5.75 Å². The van der Waals surface area contributed by atoms with Crippen LogP contribution in [-0.4, -0.2) is 72.0 Å². The van der Waals surface area contributed by atoms with Crippen LogP contribution in [0, 0.1) is 0 Å². The lowest BCUT2D eigenvalue weighted by Crippen LogP contribution is -2.52. The van der Waals surface area contributed by atoms with E-state index in [4.69, 9.17) is 25.8 Å². The molecule has 1 N–H and O–H groups in total. The lowest BCUT2D eigenvalue weighted by Gasteiger charge is -2.25. The van der Waals surface area contributed by atoms with E-state index in [-0.39, 0.29) is 41.6 Å². The van der Waals surface area contributed by atoms with Gasteiger partial charge in [-0.3, -0.25) is 19.3 Å².